The second-order valence-electron chi connectivity index (χ2n) is 7.67. The summed E-state index contributed by atoms with van der Waals surface area (Å²) in [6.45, 7) is 0. The molecule has 1 atom stereocenters. The Morgan fingerprint density at radius 2 is 1.09 bits per heavy atom. The molecule has 4 aromatic carbocycles. The van der Waals surface area contributed by atoms with Gasteiger partial charge in [0.2, 0.25) is 0 Å². The van der Waals surface area contributed by atoms with Gasteiger partial charge in [-0.15, -0.1) is 0 Å². The number of hydrogen-bond donors (Lipinski definition) is 1. The molecular weight excluding hydrogens is 616 g/mol. The number of para-hydroxylation sites is 1. The third-order valence-electron chi connectivity index (χ3n) is 5.77. The van der Waals surface area contributed by atoms with Gasteiger partial charge in [0.1, 0.15) is 0 Å². The van der Waals surface area contributed by atoms with Crippen LogP contribution in [0.5, 0.6) is 0 Å². The Hall–Kier alpha value is -1.91. The molecule has 0 heterocycles. The molecule has 1 unspecified atom stereocenters. The van der Waals surface area contributed by atoms with E-state index in [0.717, 1.165) is 0 Å². The number of allylic oxidation sites excluding steroid dienone is 1. The summed E-state index contributed by atoms with van der Waals surface area (Å²) in [5.41, 5.74) is 4.20. The molecular formula is C27H24Cl2HfNSi. The van der Waals surface area contributed by atoms with Crippen LogP contribution in [0.2, 0.25) is 0 Å². The quantitative estimate of drug-likeness (QED) is 0.266. The van der Waals surface area contributed by atoms with Crippen molar-refractivity contribution in [2.45, 2.75) is 3.67 Å². The Morgan fingerprint density at radius 3 is 1.69 bits per heavy atom. The summed E-state index contributed by atoms with van der Waals surface area (Å²) in [7, 11) is 0. The fourth-order valence-corrected chi connectivity index (χ4v) is 33.9. The number of halogens is 2. The van der Waals surface area contributed by atoms with E-state index >= 15 is 0 Å². The molecule has 0 spiro atoms. The molecule has 5 heteroatoms. The third-order valence-corrected chi connectivity index (χ3v) is 32.8. The summed E-state index contributed by atoms with van der Waals surface area (Å²) < 4.78 is 4.74. The zero-order valence-electron chi connectivity index (χ0n) is 17.5. The molecule has 1 aliphatic rings. The van der Waals surface area contributed by atoms with E-state index in [-0.39, 0.29) is 24.8 Å². The average Bonchev–Trinajstić information content (AvgIpc) is 3.25. The first-order chi connectivity index (χ1) is 14.9. The van der Waals surface area contributed by atoms with E-state index in [0.29, 0.717) is 3.67 Å². The predicted octanol–water partition coefficient (Wildman–Crippen LogP) is -1.05. The van der Waals surface area contributed by atoms with Crippen LogP contribution in [0.1, 0.15) is 14.8 Å². The van der Waals surface area contributed by atoms with Gasteiger partial charge in [-0.05, 0) is 0 Å². The van der Waals surface area contributed by atoms with Crippen molar-refractivity contribution in [1.82, 2.24) is 0 Å². The van der Waals surface area contributed by atoms with Gasteiger partial charge in [-0.25, -0.2) is 0 Å². The topological polar surface area (TPSA) is 12.0 Å². The number of anilines is 1. The maximum Gasteiger partial charge on any atom is -1.00 e. The number of rotatable bonds is 6. The number of fused-ring (bicyclic) bond motifs is 1. The Balaban J connectivity index is 0.00000144. The molecule has 0 saturated heterocycles. The van der Waals surface area contributed by atoms with Crippen LogP contribution >= 0.6 is 0 Å². The number of nitrogens with one attached hydrogen (secondary N) is 1. The molecule has 1 nitrogen and oxygen atoms in total. The van der Waals surface area contributed by atoms with Crippen molar-refractivity contribution in [2.75, 3.05) is 3.30 Å². The molecule has 0 bridgehead atoms. The van der Waals surface area contributed by atoms with E-state index in [4.69, 9.17) is 0 Å². The van der Waals surface area contributed by atoms with Crippen molar-refractivity contribution in [1.29, 1.82) is 0 Å². The van der Waals surface area contributed by atoms with Crippen LogP contribution in [0.15, 0.2) is 121 Å². The Kier molecular flexibility index (Phi) is 9.12. The van der Waals surface area contributed by atoms with E-state index in [1.54, 1.807) is 10.4 Å². The molecule has 1 aliphatic carbocycles. The minimum Gasteiger partial charge on any atom is -1.00 e. The SMILES string of the molecule is C1=C[CH]([Hf+2]([NH]c2ccccc2)[SiH](c2ccccc2)c2ccccc2)c2ccccc21.[Cl-].[Cl-]. The number of hydrogen-bond acceptors (Lipinski definition) is 1. The van der Waals surface area contributed by atoms with Gasteiger partial charge in [0, 0.05) is 0 Å². The second-order valence-corrected chi connectivity index (χ2v) is 27.6. The van der Waals surface area contributed by atoms with Gasteiger partial charge < -0.3 is 24.8 Å². The van der Waals surface area contributed by atoms with Gasteiger partial charge in [-0.1, -0.05) is 0 Å². The van der Waals surface area contributed by atoms with Gasteiger partial charge in [-0.2, -0.15) is 0 Å². The molecule has 0 fully saturated rings. The van der Waals surface area contributed by atoms with Crippen molar-refractivity contribution in [3.8, 4) is 0 Å². The molecule has 4 aromatic rings. The van der Waals surface area contributed by atoms with Gasteiger partial charge in [-0.3, -0.25) is 0 Å². The van der Waals surface area contributed by atoms with Crippen LogP contribution in [0.25, 0.3) is 6.08 Å². The van der Waals surface area contributed by atoms with E-state index in [1.807, 2.05) is 0 Å². The van der Waals surface area contributed by atoms with Crippen LogP contribution in [-0.4, -0.2) is 5.98 Å². The van der Waals surface area contributed by atoms with Crippen LogP contribution in [0.4, 0.5) is 5.69 Å². The van der Waals surface area contributed by atoms with Gasteiger partial charge in [0.15, 0.2) is 0 Å². The largest absolute Gasteiger partial charge is 1.00 e. The summed E-state index contributed by atoms with van der Waals surface area (Å²) in [5.74, 6) is -1.40. The standard InChI is InChI=1S/C12H11Si.C9H7.C6H6N.2ClH.Hf/c1-3-7-11(8-4-1)13-12-9-5-2-6-10-12;1-2-5-9-7-3-6-8(9)4-1;7-6-4-2-1-3-5-6;;;/h1-10,13H;1-7H;1-5,7H;2*1H;/q;;-1;;;+3/p-2. The Bertz CT molecular complexity index is 1100. The van der Waals surface area contributed by atoms with Crippen LogP contribution in [0.3, 0.4) is 0 Å². The maximum absolute atomic E-state index is 4.18. The van der Waals surface area contributed by atoms with Crippen molar-refractivity contribution in [2.24, 2.45) is 0 Å². The first-order valence-electron chi connectivity index (χ1n) is 10.5. The minimum atomic E-state index is -2.49. The smallest absolute Gasteiger partial charge is 1.00 e. The third kappa shape index (κ3) is 5.35. The van der Waals surface area contributed by atoms with Crippen molar-refractivity contribution < 1.29 is 45.7 Å². The molecule has 0 aliphatic heterocycles. The molecule has 1 N–H and O–H groups in total. The number of benzene rings is 4. The normalized spacial score (nSPS) is 13.6. The molecule has 0 aromatic heterocycles. The summed E-state index contributed by atoms with van der Waals surface area (Å²) in [4.78, 5) is 0. The monoisotopic (exact) mass is 640 g/mol. The average molecular weight is 640 g/mol. The fraction of sp³-hybridized carbons (Fsp3) is 0.0370. The van der Waals surface area contributed by atoms with Crippen molar-refractivity contribution >= 4 is 28.1 Å². The van der Waals surface area contributed by atoms with Gasteiger partial charge in [0.25, 0.3) is 0 Å². The molecule has 0 radical (unpaired) electrons. The maximum atomic E-state index is 4.18. The zero-order valence-corrected chi connectivity index (χ0v) is 23.8. The van der Waals surface area contributed by atoms with Crippen LogP contribution in [-0.2, 0) is 20.9 Å². The van der Waals surface area contributed by atoms with Crippen LogP contribution in [0, 0.1) is 0 Å². The van der Waals surface area contributed by atoms with Gasteiger partial charge in [0.05, 0.1) is 0 Å². The summed E-state index contributed by atoms with van der Waals surface area (Å²) >= 11 is -2.49. The zero-order chi connectivity index (χ0) is 20.2. The predicted molar refractivity (Wildman–Crippen MR) is 128 cm³/mol. The van der Waals surface area contributed by atoms with E-state index in [1.165, 1.54) is 16.8 Å². The van der Waals surface area contributed by atoms with Crippen molar-refractivity contribution in [3.63, 3.8) is 0 Å². The second kappa shape index (κ2) is 11.8. The van der Waals surface area contributed by atoms with E-state index in [9.17, 15) is 0 Å². The Labute approximate surface area is 211 Å². The Morgan fingerprint density at radius 1 is 0.594 bits per heavy atom. The molecule has 159 valence electrons. The van der Waals surface area contributed by atoms with E-state index in [2.05, 4.69) is 131 Å². The molecule has 0 amide bonds. The molecule has 0 saturated carbocycles. The summed E-state index contributed by atoms with van der Waals surface area (Å²) in [6, 6.07) is 42.4. The van der Waals surface area contributed by atoms with Gasteiger partial charge >= 0.3 is 188 Å². The first-order valence-corrected chi connectivity index (χ1v) is 22.3. The minimum absolute atomic E-state index is 0. The van der Waals surface area contributed by atoms with Crippen LogP contribution < -0.4 is 38.5 Å². The summed E-state index contributed by atoms with van der Waals surface area (Å²) in [6.07, 6.45) is 4.84. The van der Waals surface area contributed by atoms with E-state index < -0.39 is 26.9 Å². The molecule has 32 heavy (non-hydrogen) atoms. The van der Waals surface area contributed by atoms with Crippen molar-refractivity contribution in [3.05, 3.63) is 132 Å². The summed E-state index contributed by atoms with van der Waals surface area (Å²) in [5, 5.41) is 3.12. The molecule has 5 rings (SSSR count). The first kappa shape index (κ1) is 24.7. The fourth-order valence-electron chi connectivity index (χ4n) is 4.38.